The van der Waals surface area contributed by atoms with Gasteiger partial charge in [0.2, 0.25) is 5.91 Å². The van der Waals surface area contributed by atoms with E-state index in [1.807, 2.05) is 23.1 Å². The third kappa shape index (κ3) is 4.90. The first-order valence-corrected chi connectivity index (χ1v) is 11.1. The Morgan fingerprint density at radius 1 is 1.13 bits per heavy atom. The summed E-state index contributed by atoms with van der Waals surface area (Å²) < 4.78 is 7.38. The van der Waals surface area contributed by atoms with E-state index in [9.17, 15) is 9.59 Å². The molecule has 30 heavy (non-hydrogen) atoms. The lowest BCUT2D eigenvalue weighted by molar-refractivity contribution is -0.133. The number of benzene rings is 1. The number of carbonyl (C=O) groups excluding carboxylic acids is 1. The zero-order chi connectivity index (χ0) is 21.1. The third-order valence-electron chi connectivity index (χ3n) is 6.28. The van der Waals surface area contributed by atoms with E-state index in [0.717, 1.165) is 45.6 Å². The average Bonchev–Trinajstić information content (AvgIpc) is 2.73. The van der Waals surface area contributed by atoms with Gasteiger partial charge in [0.1, 0.15) is 0 Å². The summed E-state index contributed by atoms with van der Waals surface area (Å²) in [6, 6.07) is 7.31. The van der Waals surface area contributed by atoms with Crippen LogP contribution in [0.2, 0.25) is 0 Å². The zero-order valence-corrected chi connectivity index (χ0v) is 18.0. The van der Waals surface area contributed by atoms with Crippen molar-refractivity contribution >= 4 is 16.8 Å². The van der Waals surface area contributed by atoms with Crippen LogP contribution in [-0.2, 0) is 16.1 Å². The Balaban J connectivity index is 1.26. The summed E-state index contributed by atoms with van der Waals surface area (Å²) in [6.45, 7) is 9.36. The molecular weight excluding hydrogens is 380 g/mol. The first-order chi connectivity index (χ1) is 14.5. The van der Waals surface area contributed by atoms with E-state index in [1.165, 1.54) is 0 Å². The maximum atomic E-state index is 12.7. The molecule has 1 aromatic carbocycles. The second-order valence-electron chi connectivity index (χ2n) is 8.81. The standard InChI is InChI=1S/C23H32N4O3/c1-17-13-25(14-18(2)30-17)15-19-7-10-26(11-8-19)22(28)9-12-27-16-24-21-6-4-3-5-20(21)23(27)29/h3-6,16-19H,7-15H2,1-2H3. The summed E-state index contributed by atoms with van der Waals surface area (Å²) in [7, 11) is 0. The predicted molar refractivity (Wildman–Crippen MR) is 116 cm³/mol. The Kier molecular flexibility index (Phi) is 6.49. The molecule has 1 amide bonds. The third-order valence-corrected chi connectivity index (χ3v) is 6.28. The van der Waals surface area contributed by atoms with Gasteiger partial charge in [0.05, 0.1) is 29.4 Å². The fraction of sp³-hybridized carbons (Fsp3) is 0.609. The minimum absolute atomic E-state index is 0.0823. The molecule has 0 aliphatic carbocycles. The van der Waals surface area contributed by atoms with Crippen LogP contribution in [0.1, 0.15) is 33.1 Å². The molecular formula is C23H32N4O3. The van der Waals surface area contributed by atoms with Gasteiger partial charge in [-0.05, 0) is 44.7 Å². The van der Waals surface area contributed by atoms with E-state index < -0.39 is 0 Å². The maximum absolute atomic E-state index is 12.7. The predicted octanol–water partition coefficient (Wildman–Crippen LogP) is 2.13. The molecule has 0 spiro atoms. The second-order valence-corrected chi connectivity index (χ2v) is 8.81. The molecule has 2 atom stereocenters. The molecule has 2 fully saturated rings. The number of para-hydroxylation sites is 1. The molecule has 1 aromatic heterocycles. The number of hydrogen-bond donors (Lipinski definition) is 0. The Morgan fingerprint density at radius 2 is 1.83 bits per heavy atom. The number of aromatic nitrogens is 2. The van der Waals surface area contributed by atoms with Gasteiger partial charge in [-0.3, -0.25) is 19.1 Å². The molecule has 2 saturated heterocycles. The van der Waals surface area contributed by atoms with Gasteiger partial charge in [-0.2, -0.15) is 0 Å². The molecule has 0 saturated carbocycles. The van der Waals surface area contributed by atoms with E-state index in [0.29, 0.717) is 42.0 Å². The second kappa shape index (κ2) is 9.27. The molecule has 2 aromatic rings. The van der Waals surface area contributed by atoms with Gasteiger partial charge in [-0.25, -0.2) is 4.98 Å². The number of nitrogens with zero attached hydrogens (tertiary/aromatic N) is 4. The molecule has 7 nitrogen and oxygen atoms in total. The van der Waals surface area contributed by atoms with Gasteiger partial charge in [0.25, 0.3) is 5.56 Å². The topological polar surface area (TPSA) is 67.7 Å². The fourth-order valence-corrected chi connectivity index (χ4v) is 4.80. The molecule has 0 bridgehead atoms. The van der Waals surface area contributed by atoms with Gasteiger partial charge in [-0.1, -0.05) is 12.1 Å². The number of fused-ring (bicyclic) bond motifs is 1. The highest BCUT2D eigenvalue weighted by atomic mass is 16.5. The van der Waals surface area contributed by atoms with Crippen LogP contribution in [-0.4, -0.2) is 70.2 Å². The lowest BCUT2D eigenvalue weighted by Gasteiger charge is -2.39. The van der Waals surface area contributed by atoms with E-state index in [2.05, 4.69) is 23.7 Å². The highest BCUT2D eigenvalue weighted by Crippen LogP contribution is 2.21. The van der Waals surface area contributed by atoms with Gasteiger partial charge >= 0.3 is 0 Å². The summed E-state index contributed by atoms with van der Waals surface area (Å²) >= 11 is 0. The number of aryl methyl sites for hydroxylation is 1. The summed E-state index contributed by atoms with van der Waals surface area (Å²) in [5, 5.41) is 0.597. The number of piperidine rings is 1. The number of hydrogen-bond acceptors (Lipinski definition) is 5. The van der Waals surface area contributed by atoms with Crippen LogP contribution in [0, 0.1) is 5.92 Å². The van der Waals surface area contributed by atoms with Crippen molar-refractivity contribution in [2.45, 2.75) is 51.9 Å². The smallest absolute Gasteiger partial charge is 0.261 e. The van der Waals surface area contributed by atoms with Crippen LogP contribution in [0.4, 0.5) is 0 Å². The van der Waals surface area contributed by atoms with Crippen LogP contribution < -0.4 is 5.56 Å². The Bertz CT molecular complexity index is 925. The van der Waals surface area contributed by atoms with Crippen LogP contribution in [0.15, 0.2) is 35.4 Å². The normalized spacial score (nSPS) is 23.7. The summed E-state index contributed by atoms with van der Waals surface area (Å²) in [4.78, 5) is 34.1. The summed E-state index contributed by atoms with van der Waals surface area (Å²) in [5.41, 5.74) is 0.609. The highest BCUT2D eigenvalue weighted by molar-refractivity contribution is 5.77. The van der Waals surface area contributed by atoms with E-state index in [1.54, 1.807) is 17.0 Å². The van der Waals surface area contributed by atoms with Crippen LogP contribution in [0.25, 0.3) is 10.9 Å². The van der Waals surface area contributed by atoms with E-state index >= 15 is 0 Å². The number of amides is 1. The first kappa shape index (κ1) is 21.0. The summed E-state index contributed by atoms with van der Waals surface area (Å²) in [5.74, 6) is 0.765. The van der Waals surface area contributed by atoms with Gasteiger partial charge < -0.3 is 9.64 Å². The first-order valence-electron chi connectivity index (χ1n) is 11.1. The minimum atomic E-state index is -0.0823. The van der Waals surface area contributed by atoms with Crippen molar-refractivity contribution in [1.82, 2.24) is 19.4 Å². The number of morpholine rings is 1. The highest BCUT2D eigenvalue weighted by Gasteiger charge is 2.27. The number of rotatable bonds is 5. The SMILES string of the molecule is CC1CN(CC2CCN(C(=O)CCn3cnc4ccccc4c3=O)CC2)CC(C)O1. The van der Waals surface area contributed by atoms with Crippen molar-refractivity contribution in [2.75, 3.05) is 32.7 Å². The van der Waals surface area contributed by atoms with Crippen LogP contribution in [0.3, 0.4) is 0 Å². The van der Waals surface area contributed by atoms with Crippen LogP contribution in [0.5, 0.6) is 0 Å². The maximum Gasteiger partial charge on any atom is 0.261 e. The molecule has 162 valence electrons. The zero-order valence-electron chi connectivity index (χ0n) is 18.0. The fourth-order valence-electron chi connectivity index (χ4n) is 4.80. The van der Waals surface area contributed by atoms with E-state index in [-0.39, 0.29) is 11.5 Å². The van der Waals surface area contributed by atoms with Crippen molar-refractivity contribution in [3.05, 3.63) is 40.9 Å². The van der Waals surface area contributed by atoms with Gasteiger partial charge in [0.15, 0.2) is 0 Å². The molecule has 7 heteroatoms. The Hall–Kier alpha value is -2.25. The molecule has 2 aliphatic heterocycles. The lowest BCUT2D eigenvalue weighted by atomic mass is 9.95. The molecule has 3 heterocycles. The van der Waals surface area contributed by atoms with Gasteiger partial charge in [0, 0.05) is 45.7 Å². The molecule has 0 N–H and O–H groups in total. The number of carbonyl (C=O) groups is 1. The van der Waals surface area contributed by atoms with Crippen molar-refractivity contribution in [1.29, 1.82) is 0 Å². The van der Waals surface area contributed by atoms with Crippen molar-refractivity contribution < 1.29 is 9.53 Å². The summed E-state index contributed by atoms with van der Waals surface area (Å²) in [6.07, 6.45) is 4.57. The van der Waals surface area contributed by atoms with Crippen molar-refractivity contribution in [3.8, 4) is 0 Å². The lowest BCUT2D eigenvalue weighted by Crippen LogP contribution is -2.48. The van der Waals surface area contributed by atoms with Crippen LogP contribution >= 0.6 is 0 Å². The van der Waals surface area contributed by atoms with Gasteiger partial charge in [-0.15, -0.1) is 0 Å². The quantitative estimate of drug-likeness (QED) is 0.753. The molecule has 2 unspecified atom stereocenters. The largest absolute Gasteiger partial charge is 0.373 e. The molecule has 0 radical (unpaired) electrons. The number of likely N-dealkylation sites (tertiary alicyclic amines) is 1. The van der Waals surface area contributed by atoms with Crippen molar-refractivity contribution in [2.24, 2.45) is 5.92 Å². The molecule has 4 rings (SSSR count). The molecule has 2 aliphatic rings. The Labute approximate surface area is 177 Å². The Morgan fingerprint density at radius 3 is 2.57 bits per heavy atom. The average molecular weight is 413 g/mol. The van der Waals surface area contributed by atoms with Crippen molar-refractivity contribution in [3.63, 3.8) is 0 Å². The monoisotopic (exact) mass is 412 g/mol. The minimum Gasteiger partial charge on any atom is -0.373 e. The number of ether oxygens (including phenoxy) is 1. The van der Waals surface area contributed by atoms with E-state index in [4.69, 9.17) is 4.74 Å².